The van der Waals surface area contributed by atoms with E-state index in [-0.39, 0.29) is 10.7 Å². The van der Waals surface area contributed by atoms with Crippen molar-refractivity contribution in [3.8, 4) is 5.75 Å². The molecule has 3 aromatic rings. The second kappa shape index (κ2) is 8.51. The number of ether oxygens (including phenoxy) is 1. The first-order valence-corrected chi connectivity index (χ1v) is 8.66. The molecule has 1 amide bonds. The van der Waals surface area contributed by atoms with Crippen LogP contribution < -0.4 is 15.4 Å². The van der Waals surface area contributed by atoms with Crippen molar-refractivity contribution in [3.63, 3.8) is 0 Å². The summed E-state index contributed by atoms with van der Waals surface area (Å²) in [4.78, 5) is 16.5. The fourth-order valence-corrected chi connectivity index (χ4v) is 2.59. The summed E-state index contributed by atoms with van der Waals surface area (Å²) in [5.41, 5.74) is 2.05. The Morgan fingerprint density at radius 2 is 1.96 bits per heavy atom. The second-order valence-electron chi connectivity index (χ2n) is 5.57. The number of nitrogens with zero attached hydrogens (tertiary/aromatic N) is 1. The van der Waals surface area contributed by atoms with E-state index >= 15 is 0 Å². The number of anilines is 3. The number of nitrogens with one attached hydrogen (secondary N) is 2. The van der Waals surface area contributed by atoms with Gasteiger partial charge in [0.1, 0.15) is 17.3 Å². The fraction of sp³-hybridized carbons (Fsp3) is 0.100. The van der Waals surface area contributed by atoms with Gasteiger partial charge in [-0.1, -0.05) is 23.7 Å². The van der Waals surface area contributed by atoms with Crippen LogP contribution in [-0.2, 0) is 0 Å². The lowest BCUT2D eigenvalue weighted by Crippen LogP contribution is -2.14. The van der Waals surface area contributed by atoms with Gasteiger partial charge in [0.15, 0.2) is 0 Å². The van der Waals surface area contributed by atoms with Gasteiger partial charge in [-0.15, -0.1) is 0 Å². The molecule has 0 aliphatic carbocycles. The summed E-state index contributed by atoms with van der Waals surface area (Å²) < 4.78 is 18.8. The summed E-state index contributed by atoms with van der Waals surface area (Å²) in [7, 11) is 0. The molecule has 0 aliphatic rings. The molecule has 0 bridgehead atoms. The molecule has 1 aromatic heterocycles. The van der Waals surface area contributed by atoms with Crippen LogP contribution in [0.15, 0.2) is 60.8 Å². The van der Waals surface area contributed by atoms with Crippen molar-refractivity contribution in [1.29, 1.82) is 0 Å². The Morgan fingerprint density at radius 1 is 1.15 bits per heavy atom. The van der Waals surface area contributed by atoms with Crippen molar-refractivity contribution < 1.29 is 13.9 Å². The number of carbonyl (C=O) groups excluding carboxylic acids is 1. The van der Waals surface area contributed by atoms with E-state index in [9.17, 15) is 9.18 Å². The van der Waals surface area contributed by atoms with E-state index < -0.39 is 11.7 Å². The van der Waals surface area contributed by atoms with Crippen molar-refractivity contribution in [2.75, 3.05) is 17.2 Å². The Balaban J connectivity index is 1.77. The van der Waals surface area contributed by atoms with E-state index in [0.29, 0.717) is 23.7 Å². The topological polar surface area (TPSA) is 63.2 Å². The predicted octanol–water partition coefficient (Wildman–Crippen LogP) is 5.27. The molecule has 0 aliphatic heterocycles. The van der Waals surface area contributed by atoms with E-state index in [2.05, 4.69) is 15.6 Å². The third-order valence-corrected chi connectivity index (χ3v) is 3.93. The van der Waals surface area contributed by atoms with Gasteiger partial charge in [-0.2, -0.15) is 0 Å². The molecule has 27 heavy (non-hydrogen) atoms. The summed E-state index contributed by atoms with van der Waals surface area (Å²) in [5, 5.41) is 5.80. The molecule has 0 fully saturated rings. The third-order valence-electron chi connectivity index (χ3n) is 3.64. The van der Waals surface area contributed by atoms with Gasteiger partial charge in [0.25, 0.3) is 5.91 Å². The van der Waals surface area contributed by atoms with Crippen molar-refractivity contribution in [2.45, 2.75) is 6.92 Å². The van der Waals surface area contributed by atoms with Crippen LogP contribution in [0.1, 0.15) is 17.4 Å². The number of hydrogen-bond acceptors (Lipinski definition) is 4. The summed E-state index contributed by atoms with van der Waals surface area (Å²) in [6.45, 7) is 2.45. The lowest BCUT2D eigenvalue weighted by atomic mass is 10.2. The average Bonchev–Trinajstić information content (AvgIpc) is 2.67. The number of rotatable bonds is 6. The zero-order valence-corrected chi connectivity index (χ0v) is 15.3. The first kappa shape index (κ1) is 18.7. The number of para-hydroxylation sites is 2. The lowest BCUT2D eigenvalue weighted by molar-refractivity contribution is 0.102. The van der Waals surface area contributed by atoms with Crippen LogP contribution in [-0.4, -0.2) is 17.5 Å². The van der Waals surface area contributed by atoms with Crippen LogP contribution in [0.2, 0.25) is 5.02 Å². The molecular weight excluding hydrogens is 369 g/mol. The fourth-order valence-electron chi connectivity index (χ4n) is 2.41. The standard InChI is InChI=1S/C20H17ClFN3O2/c1-2-27-19-6-4-3-5-17(19)24-14-9-10-23-18(12-14)20(26)25-13-7-8-16(22)15(21)11-13/h3-12H,2H2,1H3,(H,23,24)(H,25,26). The number of hydrogen-bond donors (Lipinski definition) is 2. The third kappa shape index (κ3) is 4.74. The SMILES string of the molecule is CCOc1ccccc1Nc1ccnc(C(=O)Nc2ccc(F)c(Cl)c2)c1. The van der Waals surface area contributed by atoms with Gasteiger partial charge in [-0.3, -0.25) is 9.78 Å². The smallest absolute Gasteiger partial charge is 0.274 e. The van der Waals surface area contributed by atoms with Gasteiger partial charge in [0.2, 0.25) is 0 Å². The molecule has 2 N–H and O–H groups in total. The molecule has 3 rings (SSSR count). The second-order valence-corrected chi connectivity index (χ2v) is 5.97. The molecule has 5 nitrogen and oxygen atoms in total. The number of benzene rings is 2. The van der Waals surface area contributed by atoms with Crippen LogP contribution in [0.4, 0.5) is 21.5 Å². The molecule has 0 saturated heterocycles. The van der Waals surface area contributed by atoms with Gasteiger partial charge in [0, 0.05) is 17.6 Å². The normalized spacial score (nSPS) is 10.3. The maximum Gasteiger partial charge on any atom is 0.274 e. The Labute approximate surface area is 161 Å². The lowest BCUT2D eigenvalue weighted by Gasteiger charge is -2.13. The van der Waals surface area contributed by atoms with Crippen molar-refractivity contribution in [2.24, 2.45) is 0 Å². The molecule has 0 spiro atoms. The van der Waals surface area contributed by atoms with Gasteiger partial charge in [0.05, 0.1) is 17.3 Å². The zero-order valence-electron chi connectivity index (χ0n) is 14.5. The number of aromatic nitrogens is 1. The average molecular weight is 386 g/mol. The van der Waals surface area contributed by atoms with Crippen molar-refractivity contribution in [3.05, 3.63) is 77.3 Å². The summed E-state index contributed by atoms with van der Waals surface area (Å²) in [6, 6.07) is 14.8. The molecule has 0 radical (unpaired) electrons. The van der Waals surface area contributed by atoms with Crippen molar-refractivity contribution in [1.82, 2.24) is 4.98 Å². The minimum atomic E-state index is -0.549. The van der Waals surface area contributed by atoms with Crippen LogP contribution in [0.25, 0.3) is 0 Å². The van der Waals surface area contributed by atoms with E-state index in [1.165, 1.54) is 24.4 Å². The summed E-state index contributed by atoms with van der Waals surface area (Å²) in [5.74, 6) is -0.268. The largest absolute Gasteiger partial charge is 0.492 e. The molecule has 0 saturated carbocycles. The van der Waals surface area contributed by atoms with Crippen molar-refractivity contribution >= 4 is 34.6 Å². The highest BCUT2D eigenvalue weighted by Gasteiger charge is 2.11. The molecule has 2 aromatic carbocycles. The monoisotopic (exact) mass is 385 g/mol. The highest BCUT2D eigenvalue weighted by atomic mass is 35.5. The van der Waals surface area contributed by atoms with E-state index in [4.69, 9.17) is 16.3 Å². The maximum atomic E-state index is 13.2. The Hall–Kier alpha value is -3.12. The molecule has 1 heterocycles. The summed E-state index contributed by atoms with van der Waals surface area (Å²) >= 11 is 5.74. The van der Waals surface area contributed by atoms with E-state index in [1.54, 1.807) is 12.1 Å². The highest BCUT2D eigenvalue weighted by molar-refractivity contribution is 6.31. The van der Waals surface area contributed by atoms with Gasteiger partial charge >= 0.3 is 0 Å². The molecule has 0 unspecified atom stereocenters. The van der Waals surface area contributed by atoms with E-state index in [1.807, 2.05) is 31.2 Å². The zero-order chi connectivity index (χ0) is 19.2. The maximum absolute atomic E-state index is 13.2. The minimum Gasteiger partial charge on any atom is -0.492 e. The highest BCUT2D eigenvalue weighted by Crippen LogP contribution is 2.27. The molecule has 7 heteroatoms. The number of carbonyl (C=O) groups is 1. The number of pyridine rings is 1. The van der Waals surface area contributed by atoms with Crippen LogP contribution in [0, 0.1) is 5.82 Å². The number of halogens is 2. The molecule has 0 atom stereocenters. The van der Waals surface area contributed by atoms with E-state index in [0.717, 1.165) is 5.69 Å². The predicted molar refractivity (Wildman–Crippen MR) is 104 cm³/mol. The number of amides is 1. The molecular formula is C20H17ClFN3O2. The Morgan fingerprint density at radius 3 is 2.74 bits per heavy atom. The summed E-state index contributed by atoms with van der Waals surface area (Å²) in [6.07, 6.45) is 1.53. The molecule has 138 valence electrons. The van der Waals surface area contributed by atoms with Gasteiger partial charge < -0.3 is 15.4 Å². The van der Waals surface area contributed by atoms with Crippen LogP contribution >= 0.6 is 11.6 Å². The van der Waals surface area contributed by atoms with Gasteiger partial charge in [-0.25, -0.2) is 4.39 Å². The van der Waals surface area contributed by atoms with Gasteiger partial charge in [-0.05, 0) is 49.4 Å². The Kier molecular flexibility index (Phi) is 5.88. The Bertz CT molecular complexity index is 965. The first-order valence-electron chi connectivity index (χ1n) is 8.28. The minimum absolute atomic E-state index is 0.0660. The van der Waals surface area contributed by atoms with Crippen LogP contribution in [0.3, 0.4) is 0 Å². The quantitative estimate of drug-likeness (QED) is 0.606. The van der Waals surface area contributed by atoms with Crippen LogP contribution in [0.5, 0.6) is 5.75 Å². The first-order chi connectivity index (χ1) is 13.1.